The molecule has 11 heavy (non-hydrogen) atoms. The maximum absolute atomic E-state index is 11.9. The number of alkyl halides is 3. The third kappa shape index (κ3) is 2.10. The maximum Gasteiger partial charge on any atom is 0.395 e. The van der Waals surface area contributed by atoms with Crippen LogP contribution in [-0.2, 0) is 9.53 Å². The number of carbonyl (C=O) groups excluding carboxylic acids is 1. The Hall–Kier alpha value is -0.740. The molecule has 0 spiro atoms. The van der Waals surface area contributed by atoms with Gasteiger partial charge in [-0.25, -0.2) is 0 Å². The number of carbonyl (C=O) groups is 1. The van der Waals surface area contributed by atoms with Gasteiger partial charge < -0.3 is 4.74 Å². The van der Waals surface area contributed by atoms with Gasteiger partial charge in [0.25, 0.3) is 0 Å². The number of esters is 1. The molecule has 2 nitrogen and oxygen atoms in total. The summed E-state index contributed by atoms with van der Waals surface area (Å²) < 4.78 is 39.9. The Labute approximate surface area is 61.3 Å². The number of cyclic esters (lactones) is 1. The van der Waals surface area contributed by atoms with Crippen LogP contribution in [0.5, 0.6) is 0 Å². The fourth-order valence-electron chi connectivity index (χ4n) is 0.899. The lowest BCUT2D eigenvalue weighted by Gasteiger charge is -2.23. The molecule has 0 aliphatic carbocycles. The minimum atomic E-state index is -4.22. The molecule has 0 saturated carbocycles. The second kappa shape index (κ2) is 2.71. The average Bonchev–Trinajstić information content (AvgIpc) is 1.86. The summed E-state index contributed by atoms with van der Waals surface area (Å²) in [5.41, 5.74) is 0. The van der Waals surface area contributed by atoms with Gasteiger partial charge in [-0.2, -0.15) is 13.2 Å². The van der Waals surface area contributed by atoms with Crippen LogP contribution in [0.15, 0.2) is 0 Å². The van der Waals surface area contributed by atoms with Crippen LogP contribution >= 0.6 is 0 Å². The van der Waals surface area contributed by atoms with Crippen molar-refractivity contribution in [2.24, 2.45) is 5.92 Å². The summed E-state index contributed by atoms with van der Waals surface area (Å²) in [6.07, 6.45) is -4.48. The van der Waals surface area contributed by atoms with Gasteiger partial charge in [0.05, 0.1) is 5.92 Å². The van der Waals surface area contributed by atoms with Crippen LogP contribution in [-0.4, -0.2) is 18.8 Å². The number of hydrogen-bond donors (Lipinski definition) is 0. The molecule has 1 aliphatic heterocycles. The molecule has 0 aromatic heterocycles. The fourth-order valence-corrected chi connectivity index (χ4v) is 0.899. The molecule has 0 aromatic carbocycles. The Morgan fingerprint density at radius 1 is 1.45 bits per heavy atom. The summed E-state index contributed by atoms with van der Waals surface area (Å²) >= 11 is 0. The topological polar surface area (TPSA) is 26.3 Å². The maximum atomic E-state index is 11.9. The molecule has 1 heterocycles. The molecular formula is C6H7F3O2. The Morgan fingerprint density at radius 3 is 2.45 bits per heavy atom. The van der Waals surface area contributed by atoms with Gasteiger partial charge >= 0.3 is 12.1 Å². The van der Waals surface area contributed by atoms with Crippen molar-refractivity contribution >= 4 is 5.97 Å². The van der Waals surface area contributed by atoms with Gasteiger partial charge in [-0.3, -0.25) is 4.79 Å². The van der Waals surface area contributed by atoms with Gasteiger partial charge in [0.2, 0.25) is 0 Å². The molecule has 1 fully saturated rings. The van der Waals surface area contributed by atoms with Gasteiger partial charge in [-0.05, 0) is 6.42 Å². The third-order valence-electron chi connectivity index (χ3n) is 1.61. The number of rotatable bonds is 0. The van der Waals surface area contributed by atoms with E-state index >= 15 is 0 Å². The van der Waals surface area contributed by atoms with Crippen LogP contribution in [0.4, 0.5) is 13.2 Å². The second-order valence-corrected chi connectivity index (χ2v) is 2.46. The van der Waals surface area contributed by atoms with E-state index in [9.17, 15) is 18.0 Å². The van der Waals surface area contributed by atoms with Gasteiger partial charge in [0.1, 0.15) is 6.61 Å². The van der Waals surface area contributed by atoms with Crippen LogP contribution < -0.4 is 0 Å². The summed E-state index contributed by atoms with van der Waals surface area (Å²) in [5.74, 6) is -1.99. The van der Waals surface area contributed by atoms with E-state index in [4.69, 9.17) is 0 Å². The van der Waals surface area contributed by atoms with E-state index in [-0.39, 0.29) is 12.8 Å². The highest BCUT2D eigenvalue weighted by Crippen LogP contribution is 2.32. The van der Waals surface area contributed by atoms with Crippen LogP contribution in [0.1, 0.15) is 12.8 Å². The van der Waals surface area contributed by atoms with Crippen LogP contribution in [0.3, 0.4) is 0 Å². The lowest BCUT2D eigenvalue weighted by atomic mass is 10.0. The molecule has 1 rings (SSSR count). The molecule has 0 amide bonds. The highest BCUT2D eigenvalue weighted by molar-refractivity contribution is 5.69. The Balaban J connectivity index is 2.45. The van der Waals surface area contributed by atoms with Gasteiger partial charge in [0, 0.05) is 6.42 Å². The smallest absolute Gasteiger partial charge is 0.395 e. The minimum absolute atomic E-state index is 0.121. The molecule has 5 heteroatoms. The number of halogens is 3. The molecule has 0 N–H and O–H groups in total. The van der Waals surface area contributed by atoms with Gasteiger partial charge in [0.15, 0.2) is 0 Å². The zero-order valence-electron chi connectivity index (χ0n) is 5.65. The monoisotopic (exact) mass is 168 g/mol. The van der Waals surface area contributed by atoms with Crippen molar-refractivity contribution in [2.75, 3.05) is 6.61 Å². The average molecular weight is 168 g/mol. The molecule has 0 bridgehead atoms. The van der Waals surface area contributed by atoms with E-state index in [0.29, 0.717) is 0 Å². The predicted molar refractivity (Wildman–Crippen MR) is 29.7 cm³/mol. The van der Waals surface area contributed by atoms with Crippen molar-refractivity contribution < 1.29 is 22.7 Å². The molecule has 64 valence electrons. The Bertz CT molecular complexity index is 154. The molecular weight excluding hydrogens is 161 g/mol. The highest BCUT2D eigenvalue weighted by atomic mass is 19.4. The quantitative estimate of drug-likeness (QED) is 0.512. The van der Waals surface area contributed by atoms with Crippen molar-refractivity contribution in [1.29, 1.82) is 0 Å². The zero-order chi connectivity index (χ0) is 8.48. The summed E-state index contributed by atoms with van der Waals surface area (Å²) in [7, 11) is 0. The van der Waals surface area contributed by atoms with Crippen LogP contribution in [0.2, 0.25) is 0 Å². The SMILES string of the molecule is O=C1CCC(C(F)(F)F)CO1. The van der Waals surface area contributed by atoms with E-state index < -0.39 is 24.7 Å². The molecule has 1 atom stereocenters. The van der Waals surface area contributed by atoms with E-state index in [2.05, 4.69) is 4.74 Å². The van der Waals surface area contributed by atoms with E-state index in [0.717, 1.165) is 0 Å². The van der Waals surface area contributed by atoms with Gasteiger partial charge in [-0.1, -0.05) is 0 Å². The van der Waals surface area contributed by atoms with E-state index in [1.165, 1.54) is 0 Å². The van der Waals surface area contributed by atoms with Crippen molar-refractivity contribution in [3.63, 3.8) is 0 Å². The lowest BCUT2D eigenvalue weighted by molar-refractivity contribution is -0.202. The number of hydrogen-bond acceptors (Lipinski definition) is 2. The minimum Gasteiger partial charge on any atom is -0.465 e. The van der Waals surface area contributed by atoms with E-state index in [1.807, 2.05) is 0 Å². The Kier molecular flexibility index (Phi) is 2.06. The summed E-state index contributed by atoms with van der Waals surface area (Å²) in [5, 5.41) is 0. The summed E-state index contributed by atoms with van der Waals surface area (Å²) in [6.45, 7) is -0.512. The molecule has 1 aliphatic rings. The highest BCUT2D eigenvalue weighted by Gasteiger charge is 2.42. The summed E-state index contributed by atoms with van der Waals surface area (Å²) in [4.78, 5) is 10.3. The molecule has 1 saturated heterocycles. The van der Waals surface area contributed by atoms with Crippen LogP contribution in [0.25, 0.3) is 0 Å². The first-order chi connectivity index (χ1) is 5.00. The van der Waals surface area contributed by atoms with Crippen molar-refractivity contribution in [2.45, 2.75) is 19.0 Å². The molecule has 1 unspecified atom stereocenters. The van der Waals surface area contributed by atoms with Gasteiger partial charge in [-0.15, -0.1) is 0 Å². The van der Waals surface area contributed by atoms with Crippen molar-refractivity contribution in [1.82, 2.24) is 0 Å². The number of ether oxygens (including phenoxy) is 1. The standard InChI is InChI=1S/C6H7F3O2/c7-6(8,9)4-1-2-5(10)11-3-4/h4H,1-3H2. The summed E-state index contributed by atoms with van der Waals surface area (Å²) in [6, 6.07) is 0. The lowest BCUT2D eigenvalue weighted by Crippen LogP contribution is -2.32. The Morgan fingerprint density at radius 2 is 2.09 bits per heavy atom. The normalized spacial score (nSPS) is 26.5. The first-order valence-electron chi connectivity index (χ1n) is 3.22. The van der Waals surface area contributed by atoms with Crippen molar-refractivity contribution in [3.05, 3.63) is 0 Å². The molecule has 0 radical (unpaired) electrons. The third-order valence-corrected chi connectivity index (χ3v) is 1.61. The van der Waals surface area contributed by atoms with Crippen LogP contribution in [0, 0.1) is 5.92 Å². The first kappa shape index (κ1) is 8.36. The first-order valence-corrected chi connectivity index (χ1v) is 3.22. The fraction of sp³-hybridized carbons (Fsp3) is 0.833. The molecule has 0 aromatic rings. The van der Waals surface area contributed by atoms with E-state index in [1.54, 1.807) is 0 Å². The largest absolute Gasteiger partial charge is 0.465 e. The predicted octanol–water partition coefficient (Wildman–Crippen LogP) is 1.50. The zero-order valence-corrected chi connectivity index (χ0v) is 5.65. The van der Waals surface area contributed by atoms with Crippen molar-refractivity contribution in [3.8, 4) is 0 Å². The second-order valence-electron chi connectivity index (χ2n) is 2.46.